The first kappa shape index (κ1) is 10.3. The van der Waals surface area contributed by atoms with Gasteiger partial charge in [0.2, 0.25) is 0 Å². The fourth-order valence-corrected chi connectivity index (χ4v) is 2.59. The van der Waals surface area contributed by atoms with E-state index in [1.807, 2.05) is 12.1 Å². The Labute approximate surface area is 96.5 Å². The standard InChI is InChI=1S/C10H11BrClNO/c11-8-5-6(12)4-7-9(13)2-1-3-14-10(7)8/h4-5,9H,1-3,13H2/t9-/m0/s1. The maximum absolute atomic E-state index is 6.02. The summed E-state index contributed by atoms with van der Waals surface area (Å²) in [6.07, 6.45) is 1.93. The molecular formula is C10H11BrClNO. The molecule has 1 aromatic rings. The lowest BCUT2D eigenvalue weighted by molar-refractivity contribution is 0.314. The minimum absolute atomic E-state index is 0.0301. The predicted octanol–water partition coefficient (Wildman–Crippen LogP) is 3.27. The third-order valence-corrected chi connectivity index (χ3v) is 3.15. The first-order valence-corrected chi connectivity index (χ1v) is 5.73. The minimum Gasteiger partial charge on any atom is -0.492 e. The van der Waals surface area contributed by atoms with Gasteiger partial charge >= 0.3 is 0 Å². The molecule has 0 radical (unpaired) electrons. The van der Waals surface area contributed by atoms with Gasteiger partial charge in [-0.05, 0) is 40.9 Å². The van der Waals surface area contributed by atoms with Gasteiger partial charge in [0, 0.05) is 16.6 Å². The molecule has 2 N–H and O–H groups in total. The summed E-state index contributed by atoms with van der Waals surface area (Å²) in [5, 5.41) is 0.691. The third kappa shape index (κ3) is 1.90. The molecule has 1 heterocycles. The quantitative estimate of drug-likeness (QED) is 0.789. The summed E-state index contributed by atoms with van der Waals surface area (Å²) >= 11 is 9.39. The molecule has 1 aliphatic heterocycles. The van der Waals surface area contributed by atoms with Crippen molar-refractivity contribution >= 4 is 27.5 Å². The van der Waals surface area contributed by atoms with E-state index in [0.717, 1.165) is 35.2 Å². The van der Waals surface area contributed by atoms with E-state index in [9.17, 15) is 0 Å². The van der Waals surface area contributed by atoms with Crippen LogP contribution in [0.4, 0.5) is 0 Å². The second kappa shape index (κ2) is 4.09. The molecule has 76 valence electrons. The number of rotatable bonds is 0. The molecule has 4 heteroatoms. The molecule has 0 fully saturated rings. The lowest BCUT2D eigenvalue weighted by Crippen LogP contribution is -2.09. The van der Waals surface area contributed by atoms with Gasteiger partial charge in [-0.3, -0.25) is 0 Å². The molecule has 0 amide bonds. The van der Waals surface area contributed by atoms with Crippen LogP contribution in [0.1, 0.15) is 24.4 Å². The Bertz CT molecular complexity index is 356. The van der Waals surface area contributed by atoms with Gasteiger partial charge in [0.05, 0.1) is 11.1 Å². The fraction of sp³-hybridized carbons (Fsp3) is 0.400. The fourth-order valence-electron chi connectivity index (χ4n) is 1.64. The number of hydrogen-bond donors (Lipinski definition) is 1. The molecule has 0 saturated heterocycles. The Morgan fingerprint density at radius 1 is 1.50 bits per heavy atom. The summed E-state index contributed by atoms with van der Waals surface area (Å²) in [6.45, 7) is 0.723. The van der Waals surface area contributed by atoms with Crippen molar-refractivity contribution in [3.63, 3.8) is 0 Å². The molecule has 2 rings (SSSR count). The van der Waals surface area contributed by atoms with Crippen molar-refractivity contribution in [1.82, 2.24) is 0 Å². The molecule has 0 unspecified atom stereocenters. The van der Waals surface area contributed by atoms with Crippen molar-refractivity contribution < 1.29 is 4.74 Å². The van der Waals surface area contributed by atoms with Gasteiger partial charge in [-0.2, -0.15) is 0 Å². The summed E-state index contributed by atoms with van der Waals surface area (Å²) in [7, 11) is 0. The SMILES string of the molecule is N[C@H]1CCCOc2c(Br)cc(Cl)cc21. The average Bonchev–Trinajstić information content (AvgIpc) is 2.29. The van der Waals surface area contributed by atoms with Gasteiger partial charge in [-0.1, -0.05) is 11.6 Å². The molecule has 0 aliphatic carbocycles. The predicted molar refractivity (Wildman–Crippen MR) is 60.8 cm³/mol. The Morgan fingerprint density at radius 3 is 3.07 bits per heavy atom. The van der Waals surface area contributed by atoms with E-state index in [2.05, 4.69) is 15.9 Å². The Hall–Kier alpha value is -0.250. The van der Waals surface area contributed by atoms with Crippen LogP contribution in [0.3, 0.4) is 0 Å². The van der Waals surface area contributed by atoms with Crippen LogP contribution >= 0.6 is 27.5 Å². The molecule has 14 heavy (non-hydrogen) atoms. The van der Waals surface area contributed by atoms with Gasteiger partial charge in [-0.15, -0.1) is 0 Å². The van der Waals surface area contributed by atoms with E-state index in [1.54, 1.807) is 0 Å². The first-order valence-electron chi connectivity index (χ1n) is 4.56. The van der Waals surface area contributed by atoms with Crippen molar-refractivity contribution in [3.8, 4) is 5.75 Å². The van der Waals surface area contributed by atoms with E-state index in [1.165, 1.54) is 0 Å². The maximum Gasteiger partial charge on any atom is 0.138 e. The van der Waals surface area contributed by atoms with Crippen molar-refractivity contribution in [2.45, 2.75) is 18.9 Å². The van der Waals surface area contributed by atoms with Crippen LogP contribution in [0, 0.1) is 0 Å². The van der Waals surface area contributed by atoms with Crippen LogP contribution < -0.4 is 10.5 Å². The molecule has 1 aliphatic rings. The molecule has 0 aromatic heterocycles. The highest BCUT2D eigenvalue weighted by Crippen LogP contribution is 2.38. The Kier molecular flexibility index (Phi) is 3.00. The summed E-state index contributed by atoms with van der Waals surface area (Å²) in [6, 6.07) is 3.75. The van der Waals surface area contributed by atoms with Crippen LogP contribution in [0.25, 0.3) is 0 Å². The van der Waals surface area contributed by atoms with E-state index in [-0.39, 0.29) is 6.04 Å². The molecule has 0 bridgehead atoms. The van der Waals surface area contributed by atoms with E-state index < -0.39 is 0 Å². The van der Waals surface area contributed by atoms with Crippen LogP contribution in [0.5, 0.6) is 5.75 Å². The minimum atomic E-state index is 0.0301. The smallest absolute Gasteiger partial charge is 0.138 e. The number of nitrogens with two attached hydrogens (primary N) is 1. The van der Waals surface area contributed by atoms with Crippen molar-refractivity contribution in [1.29, 1.82) is 0 Å². The van der Waals surface area contributed by atoms with Crippen molar-refractivity contribution in [2.75, 3.05) is 6.61 Å². The second-order valence-corrected chi connectivity index (χ2v) is 4.69. The highest BCUT2D eigenvalue weighted by atomic mass is 79.9. The third-order valence-electron chi connectivity index (χ3n) is 2.34. The van der Waals surface area contributed by atoms with Crippen molar-refractivity contribution in [2.24, 2.45) is 5.73 Å². The molecule has 2 nitrogen and oxygen atoms in total. The van der Waals surface area contributed by atoms with E-state index in [0.29, 0.717) is 5.02 Å². The average molecular weight is 277 g/mol. The zero-order valence-electron chi connectivity index (χ0n) is 7.59. The highest BCUT2D eigenvalue weighted by Gasteiger charge is 2.19. The van der Waals surface area contributed by atoms with Crippen LogP contribution in [0.2, 0.25) is 5.02 Å². The summed E-state index contributed by atoms with van der Waals surface area (Å²) in [4.78, 5) is 0. The lowest BCUT2D eigenvalue weighted by Gasteiger charge is -2.13. The van der Waals surface area contributed by atoms with Crippen LogP contribution in [-0.4, -0.2) is 6.61 Å². The summed E-state index contributed by atoms with van der Waals surface area (Å²) < 4.78 is 6.51. The number of benzene rings is 1. The second-order valence-electron chi connectivity index (χ2n) is 3.40. The van der Waals surface area contributed by atoms with Crippen molar-refractivity contribution in [3.05, 3.63) is 27.2 Å². The normalized spacial score (nSPS) is 20.9. The van der Waals surface area contributed by atoms with Crippen LogP contribution in [0.15, 0.2) is 16.6 Å². The summed E-state index contributed by atoms with van der Waals surface area (Å²) in [5.41, 5.74) is 7.03. The molecule has 0 saturated carbocycles. The molecule has 0 spiro atoms. The lowest BCUT2D eigenvalue weighted by atomic mass is 10.0. The molecule has 1 atom stereocenters. The van der Waals surface area contributed by atoms with E-state index in [4.69, 9.17) is 22.1 Å². The van der Waals surface area contributed by atoms with Gasteiger partial charge < -0.3 is 10.5 Å². The monoisotopic (exact) mass is 275 g/mol. The first-order chi connectivity index (χ1) is 6.68. The molecule has 1 aromatic carbocycles. The Morgan fingerprint density at radius 2 is 2.29 bits per heavy atom. The highest BCUT2D eigenvalue weighted by molar-refractivity contribution is 9.10. The Balaban J connectivity index is 2.53. The van der Waals surface area contributed by atoms with Gasteiger partial charge in [-0.25, -0.2) is 0 Å². The number of halogens is 2. The van der Waals surface area contributed by atoms with E-state index >= 15 is 0 Å². The maximum atomic E-state index is 6.02. The van der Waals surface area contributed by atoms with Gasteiger partial charge in [0.25, 0.3) is 0 Å². The van der Waals surface area contributed by atoms with Crippen LogP contribution in [-0.2, 0) is 0 Å². The summed E-state index contributed by atoms with van der Waals surface area (Å²) in [5.74, 6) is 0.847. The van der Waals surface area contributed by atoms with Gasteiger partial charge in [0.15, 0.2) is 0 Å². The zero-order valence-corrected chi connectivity index (χ0v) is 9.94. The zero-order chi connectivity index (χ0) is 10.1. The van der Waals surface area contributed by atoms with Gasteiger partial charge in [0.1, 0.15) is 5.75 Å². The largest absolute Gasteiger partial charge is 0.492 e. The number of fused-ring (bicyclic) bond motifs is 1. The number of hydrogen-bond acceptors (Lipinski definition) is 2. The number of ether oxygens (including phenoxy) is 1. The molecular weight excluding hydrogens is 265 g/mol. The topological polar surface area (TPSA) is 35.2 Å².